The minimum absolute atomic E-state index is 0.375. The minimum Gasteiger partial charge on any atom is -0.372 e. The van der Waals surface area contributed by atoms with Crippen molar-refractivity contribution >= 4 is 11.6 Å². The van der Waals surface area contributed by atoms with E-state index in [4.69, 9.17) is 0 Å². The molecule has 1 aromatic heterocycles. The summed E-state index contributed by atoms with van der Waals surface area (Å²) >= 11 is 0. The molecule has 1 aliphatic rings. The second-order valence-corrected chi connectivity index (χ2v) is 5.03. The molecule has 0 spiro atoms. The molecule has 0 radical (unpaired) electrons. The fraction of sp³-hybridized carbons (Fsp3) is 0.333. The molecule has 1 atom stereocenters. The highest BCUT2D eigenvalue weighted by Crippen LogP contribution is 2.27. The van der Waals surface area contributed by atoms with Gasteiger partial charge in [-0.2, -0.15) is 0 Å². The number of hydrogen-bond acceptors (Lipinski definition) is 4. The monoisotopic (exact) mass is 254 g/mol. The lowest BCUT2D eigenvalue weighted by atomic mass is 10.1. The van der Waals surface area contributed by atoms with E-state index in [2.05, 4.69) is 58.0 Å². The van der Waals surface area contributed by atoms with Crippen LogP contribution < -0.4 is 9.80 Å². The third kappa shape index (κ3) is 2.26. The third-order valence-corrected chi connectivity index (χ3v) is 3.62. The Morgan fingerprint density at radius 2 is 1.84 bits per heavy atom. The van der Waals surface area contributed by atoms with Crippen LogP contribution in [0.25, 0.3) is 0 Å². The SMILES string of the molecule is C[C@@H]1CN(C)c2ccccc2CN1c1ncccn1. The molecule has 0 fully saturated rings. The molecule has 1 aliphatic heterocycles. The highest BCUT2D eigenvalue weighted by atomic mass is 15.3. The number of fused-ring (bicyclic) bond motifs is 1. The van der Waals surface area contributed by atoms with Crippen LogP contribution in [0.15, 0.2) is 42.7 Å². The Kier molecular flexibility index (Phi) is 3.07. The van der Waals surface area contributed by atoms with Crippen LogP contribution in [0.1, 0.15) is 12.5 Å². The van der Waals surface area contributed by atoms with Gasteiger partial charge in [-0.05, 0) is 24.6 Å². The first kappa shape index (κ1) is 12.0. The minimum atomic E-state index is 0.375. The van der Waals surface area contributed by atoms with Crippen molar-refractivity contribution in [1.82, 2.24) is 9.97 Å². The Morgan fingerprint density at radius 3 is 2.63 bits per heavy atom. The van der Waals surface area contributed by atoms with Crippen molar-refractivity contribution in [2.45, 2.75) is 19.5 Å². The van der Waals surface area contributed by atoms with Crippen LogP contribution in [0, 0.1) is 0 Å². The van der Waals surface area contributed by atoms with Gasteiger partial charge in [-0.25, -0.2) is 9.97 Å². The van der Waals surface area contributed by atoms with Crippen LogP contribution in [-0.4, -0.2) is 29.6 Å². The molecule has 1 aromatic carbocycles. The van der Waals surface area contributed by atoms with Crippen molar-refractivity contribution < 1.29 is 0 Å². The number of nitrogens with zero attached hydrogens (tertiary/aromatic N) is 4. The van der Waals surface area contributed by atoms with Gasteiger partial charge in [-0.3, -0.25) is 0 Å². The summed E-state index contributed by atoms with van der Waals surface area (Å²) in [6.45, 7) is 4.04. The number of aromatic nitrogens is 2. The van der Waals surface area contributed by atoms with E-state index in [9.17, 15) is 0 Å². The zero-order valence-electron chi connectivity index (χ0n) is 11.3. The number of anilines is 2. The van der Waals surface area contributed by atoms with Crippen molar-refractivity contribution in [3.8, 4) is 0 Å². The number of rotatable bonds is 1. The Hall–Kier alpha value is -2.10. The van der Waals surface area contributed by atoms with Crippen molar-refractivity contribution in [2.75, 3.05) is 23.4 Å². The van der Waals surface area contributed by atoms with Gasteiger partial charge in [-0.1, -0.05) is 18.2 Å². The quantitative estimate of drug-likeness (QED) is 0.782. The molecule has 2 heterocycles. The summed E-state index contributed by atoms with van der Waals surface area (Å²) in [5, 5.41) is 0. The molecular weight excluding hydrogens is 236 g/mol. The number of hydrogen-bond donors (Lipinski definition) is 0. The van der Waals surface area contributed by atoms with Gasteiger partial charge in [0.25, 0.3) is 0 Å². The van der Waals surface area contributed by atoms with Crippen LogP contribution in [0.5, 0.6) is 0 Å². The van der Waals surface area contributed by atoms with Gasteiger partial charge in [0.2, 0.25) is 5.95 Å². The molecule has 0 N–H and O–H groups in total. The van der Waals surface area contributed by atoms with Crippen LogP contribution >= 0.6 is 0 Å². The summed E-state index contributed by atoms with van der Waals surface area (Å²) < 4.78 is 0. The topological polar surface area (TPSA) is 32.3 Å². The van der Waals surface area contributed by atoms with E-state index in [1.54, 1.807) is 12.4 Å². The van der Waals surface area contributed by atoms with Crippen LogP contribution in [0.4, 0.5) is 11.6 Å². The van der Waals surface area contributed by atoms with E-state index in [0.717, 1.165) is 19.0 Å². The summed E-state index contributed by atoms with van der Waals surface area (Å²) in [7, 11) is 2.14. The molecule has 98 valence electrons. The second kappa shape index (κ2) is 4.88. The number of benzene rings is 1. The predicted molar refractivity (Wildman–Crippen MR) is 77.4 cm³/mol. The van der Waals surface area contributed by atoms with Crippen molar-refractivity contribution in [3.05, 3.63) is 48.3 Å². The van der Waals surface area contributed by atoms with Crippen LogP contribution in [0.2, 0.25) is 0 Å². The molecule has 0 unspecified atom stereocenters. The van der Waals surface area contributed by atoms with Crippen molar-refractivity contribution in [2.24, 2.45) is 0 Å². The van der Waals surface area contributed by atoms with Gasteiger partial charge in [0, 0.05) is 44.3 Å². The molecule has 4 nitrogen and oxygen atoms in total. The number of para-hydroxylation sites is 1. The smallest absolute Gasteiger partial charge is 0.225 e. The third-order valence-electron chi connectivity index (χ3n) is 3.62. The van der Waals surface area contributed by atoms with Crippen LogP contribution in [0.3, 0.4) is 0 Å². The largest absolute Gasteiger partial charge is 0.372 e. The average Bonchev–Trinajstić information content (AvgIpc) is 2.57. The van der Waals surface area contributed by atoms with Gasteiger partial charge in [0.1, 0.15) is 0 Å². The first-order valence-corrected chi connectivity index (χ1v) is 6.58. The van der Waals surface area contributed by atoms with Gasteiger partial charge in [0.05, 0.1) is 0 Å². The Labute approximate surface area is 113 Å². The van der Waals surface area contributed by atoms with Crippen LogP contribution in [-0.2, 0) is 6.54 Å². The second-order valence-electron chi connectivity index (χ2n) is 5.03. The van der Waals surface area contributed by atoms with E-state index in [-0.39, 0.29) is 0 Å². The van der Waals surface area contributed by atoms with E-state index >= 15 is 0 Å². The zero-order chi connectivity index (χ0) is 13.2. The molecule has 0 aliphatic carbocycles. The summed E-state index contributed by atoms with van der Waals surface area (Å²) in [6.07, 6.45) is 3.60. The highest BCUT2D eigenvalue weighted by molar-refractivity contribution is 5.56. The molecule has 0 bridgehead atoms. The predicted octanol–water partition coefficient (Wildman–Crippen LogP) is 2.32. The first-order valence-electron chi connectivity index (χ1n) is 6.58. The Morgan fingerprint density at radius 1 is 1.11 bits per heavy atom. The molecular formula is C15H18N4. The summed E-state index contributed by atoms with van der Waals surface area (Å²) in [6, 6.07) is 10.8. The van der Waals surface area contributed by atoms with Crippen molar-refractivity contribution in [3.63, 3.8) is 0 Å². The van der Waals surface area contributed by atoms with E-state index in [1.807, 2.05) is 6.07 Å². The molecule has 0 amide bonds. The van der Waals surface area contributed by atoms with Gasteiger partial charge >= 0.3 is 0 Å². The zero-order valence-corrected chi connectivity index (χ0v) is 11.3. The van der Waals surface area contributed by atoms with Gasteiger partial charge in [-0.15, -0.1) is 0 Å². The normalized spacial score (nSPS) is 18.9. The maximum absolute atomic E-state index is 4.39. The van der Waals surface area contributed by atoms with E-state index < -0.39 is 0 Å². The Balaban J connectivity index is 2.00. The molecule has 3 rings (SSSR count). The summed E-state index contributed by atoms with van der Waals surface area (Å²) in [5.41, 5.74) is 2.62. The fourth-order valence-corrected chi connectivity index (χ4v) is 2.66. The number of likely N-dealkylation sites (N-methyl/N-ethyl adjacent to an activating group) is 1. The summed E-state index contributed by atoms with van der Waals surface area (Å²) in [5.74, 6) is 0.806. The maximum Gasteiger partial charge on any atom is 0.225 e. The standard InChI is InChI=1S/C15H18N4/c1-12-10-18(2)14-7-4-3-6-13(14)11-19(12)15-16-8-5-9-17-15/h3-9,12H,10-11H2,1-2H3/t12-/m1/s1. The molecule has 2 aromatic rings. The van der Waals surface area contributed by atoms with Gasteiger partial charge < -0.3 is 9.80 Å². The molecule has 19 heavy (non-hydrogen) atoms. The van der Waals surface area contributed by atoms with E-state index in [0.29, 0.717) is 6.04 Å². The average molecular weight is 254 g/mol. The van der Waals surface area contributed by atoms with E-state index in [1.165, 1.54) is 11.3 Å². The Bertz CT molecular complexity index is 555. The summed E-state index contributed by atoms with van der Waals surface area (Å²) in [4.78, 5) is 13.4. The van der Waals surface area contributed by atoms with Gasteiger partial charge in [0.15, 0.2) is 0 Å². The maximum atomic E-state index is 4.39. The lowest BCUT2D eigenvalue weighted by Gasteiger charge is -2.28. The molecule has 0 saturated heterocycles. The lowest BCUT2D eigenvalue weighted by molar-refractivity contribution is 0.627. The molecule has 4 heteroatoms. The first-order chi connectivity index (χ1) is 9.25. The lowest BCUT2D eigenvalue weighted by Crippen LogP contribution is -2.39. The fourth-order valence-electron chi connectivity index (χ4n) is 2.66. The highest BCUT2D eigenvalue weighted by Gasteiger charge is 2.24. The molecule has 0 saturated carbocycles. The van der Waals surface area contributed by atoms with Crippen molar-refractivity contribution in [1.29, 1.82) is 0 Å².